The minimum Gasteiger partial charge on any atom is -0.384 e. The highest BCUT2D eigenvalue weighted by Gasteiger charge is 2.40. The summed E-state index contributed by atoms with van der Waals surface area (Å²) in [5.41, 5.74) is 1.48. The van der Waals surface area contributed by atoms with Gasteiger partial charge in [0, 0.05) is 43.3 Å². The molecule has 0 aliphatic carbocycles. The first kappa shape index (κ1) is 17.0. The molecule has 2 aromatic rings. The van der Waals surface area contributed by atoms with Crippen molar-refractivity contribution >= 4 is 22.7 Å². The van der Waals surface area contributed by atoms with Gasteiger partial charge >= 0.3 is 0 Å². The fraction of sp³-hybridized carbons (Fsp3) is 0.450. The van der Waals surface area contributed by atoms with Crippen LogP contribution in [0.1, 0.15) is 23.7 Å². The van der Waals surface area contributed by atoms with Crippen LogP contribution in [-0.4, -0.2) is 64.0 Å². The molecule has 0 spiro atoms. The van der Waals surface area contributed by atoms with Crippen LogP contribution >= 0.6 is 0 Å². The van der Waals surface area contributed by atoms with Crippen LogP contribution in [-0.2, 0) is 4.79 Å². The number of hydrogen-bond donors (Lipinski definition) is 1. The van der Waals surface area contributed by atoms with Crippen molar-refractivity contribution in [1.82, 2.24) is 14.8 Å². The summed E-state index contributed by atoms with van der Waals surface area (Å²) in [6.07, 6.45) is 1.65. The molecule has 1 N–H and O–H groups in total. The molecule has 6 heteroatoms. The molecule has 3 heterocycles. The van der Waals surface area contributed by atoms with Gasteiger partial charge < -0.3 is 14.9 Å². The highest BCUT2D eigenvalue weighted by atomic mass is 16.3. The van der Waals surface area contributed by atoms with Crippen molar-refractivity contribution in [3.05, 3.63) is 42.1 Å². The molecule has 2 amide bonds. The lowest BCUT2D eigenvalue weighted by Gasteiger charge is -2.34. The maximum atomic E-state index is 12.9. The topological polar surface area (TPSA) is 73.7 Å². The van der Waals surface area contributed by atoms with Crippen molar-refractivity contribution in [1.29, 1.82) is 0 Å². The first-order valence-electron chi connectivity index (χ1n) is 9.14. The van der Waals surface area contributed by atoms with Gasteiger partial charge in [-0.05, 0) is 43.4 Å². The number of aromatic nitrogens is 1. The van der Waals surface area contributed by atoms with Gasteiger partial charge in [0.15, 0.2) is 0 Å². The average Bonchev–Trinajstić information content (AvgIpc) is 3.09. The molecule has 2 saturated heterocycles. The zero-order valence-electron chi connectivity index (χ0n) is 14.8. The maximum Gasteiger partial charge on any atom is 0.253 e. The van der Waals surface area contributed by atoms with Crippen LogP contribution in [0.25, 0.3) is 10.9 Å². The lowest BCUT2D eigenvalue weighted by atomic mass is 9.88. The van der Waals surface area contributed by atoms with Gasteiger partial charge in [-0.1, -0.05) is 12.1 Å². The Morgan fingerprint density at radius 1 is 1.15 bits per heavy atom. The predicted molar refractivity (Wildman–Crippen MR) is 97.5 cm³/mol. The number of carbonyl (C=O) groups excluding carboxylic acids is 2. The van der Waals surface area contributed by atoms with E-state index in [1.54, 1.807) is 11.1 Å². The molecule has 1 unspecified atom stereocenters. The Morgan fingerprint density at radius 3 is 2.73 bits per heavy atom. The normalized spacial score (nSPS) is 23.8. The Balaban J connectivity index is 1.47. The number of piperidine rings is 1. The van der Waals surface area contributed by atoms with Crippen molar-refractivity contribution in [3.8, 4) is 0 Å². The SMILES string of the molecule is CC(O)C(=O)N1CC[C@@H]2CN(C(=O)c3ccc4cccnc4c3)C[C@@H]2C1. The Morgan fingerprint density at radius 2 is 1.92 bits per heavy atom. The quantitative estimate of drug-likeness (QED) is 0.889. The molecule has 0 saturated carbocycles. The second kappa shape index (κ2) is 6.68. The van der Waals surface area contributed by atoms with Crippen LogP contribution < -0.4 is 0 Å². The third-order valence-electron chi connectivity index (χ3n) is 5.61. The molecule has 0 bridgehead atoms. The van der Waals surface area contributed by atoms with E-state index in [2.05, 4.69) is 4.98 Å². The molecule has 136 valence electrons. The van der Waals surface area contributed by atoms with E-state index >= 15 is 0 Å². The van der Waals surface area contributed by atoms with Gasteiger partial charge in [-0.2, -0.15) is 0 Å². The smallest absolute Gasteiger partial charge is 0.253 e. The van der Waals surface area contributed by atoms with Crippen molar-refractivity contribution in [2.24, 2.45) is 11.8 Å². The van der Waals surface area contributed by atoms with Gasteiger partial charge in [0.25, 0.3) is 11.8 Å². The van der Waals surface area contributed by atoms with Gasteiger partial charge in [0.1, 0.15) is 6.10 Å². The highest BCUT2D eigenvalue weighted by Crippen LogP contribution is 2.32. The summed E-state index contributed by atoms with van der Waals surface area (Å²) in [6.45, 7) is 4.19. The van der Waals surface area contributed by atoms with E-state index in [0.29, 0.717) is 31.1 Å². The highest BCUT2D eigenvalue weighted by molar-refractivity contribution is 5.98. The Labute approximate surface area is 152 Å². The molecule has 2 aliphatic heterocycles. The first-order valence-corrected chi connectivity index (χ1v) is 9.14. The molecule has 2 aliphatic rings. The largest absolute Gasteiger partial charge is 0.384 e. The van der Waals surface area contributed by atoms with Gasteiger partial charge in [-0.3, -0.25) is 14.6 Å². The van der Waals surface area contributed by atoms with Crippen molar-refractivity contribution in [3.63, 3.8) is 0 Å². The summed E-state index contributed by atoms with van der Waals surface area (Å²) >= 11 is 0. The Kier molecular flexibility index (Phi) is 4.36. The monoisotopic (exact) mass is 353 g/mol. The summed E-state index contributed by atoms with van der Waals surface area (Å²) in [5.74, 6) is 0.527. The summed E-state index contributed by atoms with van der Waals surface area (Å²) < 4.78 is 0. The minimum atomic E-state index is -0.962. The molecule has 0 radical (unpaired) electrons. The van der Waals surface area contributed by atoms with E-state index < -0.39 is 6.10 Å². The second-order valence-electron chi connectivity index (χ2n) is 7.39. The molecule has 2 fully saturated rings. The van der Waals surface area contributed by atoms with E-state index in [-0.39, 0.29) is 17.7 Å². The van der Waals surface area contributed by atoms with Crippen LogP contribution in [0.3, 0.4) is 0 Å². The minimum absolute atomic E-state index is 0.0281. The lowest BCUT2D eigenvalue weighted by Crippen LogP contribution is -2.46. The molecule has 1 aromatic carbocycles. The molecule has 1 aromatic heterocycles. The van der Waals surface area contributed by atoms with Crippen LogP contribution in [0.5, 0.6) is 0 Å². The number of likely N-dealkylation sites (tertiary alicyclic amines) is 2. The molecule has 26 heavy (non-hydrogen) atoms. The number of nitrogens with zero attached hydrogens (tertiary/aromatic N) is 3. The Bertz CT molecular complexity index is 851. The van der Waals surface area contributed by atoms with Crippen LogP contribution in [0.15, 0.2) is 36.5 Å². The average molecular weight is 353 g/mol. The number of hydrogen-bond acceptors (Lipinski definition) is 4. The summed E-state index contributed by atoms with van der Waals surface area (Å²) in [6, 6.07) is 9.51. The number of aliphatic hydroxyl groups is 1. The van der Waals surface area contributed by atoms with Gasteiger partial charge in [-0.25, -0.2) is 0 Å². The standard InChI is InChI=1S/C20H23N3O3/c1-13(24)19(25)22-8-6-16-10-23(12-17(16)11-22)20(26)15-5-4-14-3-2-7-21-18(14)9-15/h2-5,7,9,13,16-17,24H,6,8,10-12H2,1H3/t13?,16-,17+/m1/s1. The number of pyridine rings is 1. The zero-order valence-corrected chi connectivity index (χ0v) is 14.8. The second-order valence-corrected chi connectivity index (χ2v) is 7.39. The van der Waals surface area contributed by atoms with Crippen LogP contribution in [0.4, 0.5) is 0 Å². The van der Waals surface area contributed by atoms with Crippen LogP contribution in [0, 0.1) is 11.8 Å². The van der Waals surface area contributed by atoms with E-state index in [1.807, 2.05) is 35.2 Å². The van der Waals surface area contributed by atoms with Crippen molar-refractivity contribution in [2.45, 2.75) is 19.4 Å². The van der Waals surface area contributed by atoms with E-state index in [1.165, 1.54) is 6.92 Å². The third kappa shape index (κ3) is 3.05. The van der Waals surface area contributed by atoms with E-state index in [9.17, 15) is 14.7 Å². The van der Waals surface area contributed by atoms with E-state index in [0.717, 1.165) is 23.9 Å². The number of fused-ring (bicyclic) bond motifs is 2. The predicted octanol–water partition coefficient (Wildman–Crippen LogP) is 1.54. The summed E-state index contributed by atoms with van der Waals surface area (Å²) in [4.78, 5) is 32.9. The summed E-state index contributed by atoms with van der Waals surface area (Å²) in [7, 11) is 0. The molecule has 6 nitrogen and oxygen atoms in total. The van der Waals surface area contributed by atoms with Crippen molar-refractivity contribution in [2.75, 3.05) is 26.2 Å². The fourth-order valence-electron chi connectivity index (χ4n) is 4.18. The number of aliphatic hydroxyl groups excluding tert-OH is 1. The lowest BCUT2D eigenvalue weighted by molar-refractivity contribution is -0.141. The van der Waals surface area contributed by atoms with Gasteiger partial charge in [0.2, 0.25) is 0 Å². The Hall–Kier alpha value is -2.47. The van der Waals surface area contributed by atoms with Gasteiger partial charge in [-0.15, -0.1) is 0 Å². The third-order valence-corrected chi connectivity index (χ3v) is 5.61. The fourth-order valence-corrected chi connectivity index (χ4v) is 4.18. The zero-order chi connectivity index (χ0) is 18.3. The number of benzene rings is 1. The number of amides is 2. The van der Waals surface area contributed by atoms with Crippen molar-refractivity contribution < 1.29 is 14.7 Å². The van der Waals surface area contributed by atoms with Gasteiger partial charge in [0.05, 0.1) is 5.52 Å². The first-order chi connectivity index (χ1) is 12.5. The summed E-state index contributed by atoms with van der Waals surface area (Å²) in [5, 5.41) is 10.5. The molecule has 4 rings (SSSR count). The number of carbonyl (C=O) groups is 2. The van der Waals surface area contributed by atoms with E-state index in [4.69, 9.17) is 0 Å². The number of rotatable bonds is 2. The van der Waals surface area contributed by atoms with Crippen LogP contribution in [0.2, 0.25) is 0 Å². The molecule has 3 atom stereocenters. The molecular weight excluding hydrogens is 330 g/mol. The molecular formula is C20H23N3O3. The maximum absolute atomic E-state index is 12.9.